The van der Waals surface area contributed by atoms with Crippen molar-refractivity contribution in [3.05, 3.63) is 53.1 Å². The van der Waals surface area contributed by atoms with Crippen LogP contribution in [0.15, 0.2) is 36.4 Å². The first-order chi connectivity index (χ1) is 10.3. The first kappa shape index (κ1) is 17.4. The van der Waals surface area contributed by atoms with E-state index < -0.39 is 0 Å². The van der Waals surface area contributed by atoms with Crippen LogP contribution in [0.1, 0.15) is 36.0 Å². The van der Waals surface area contributed by atoms with E-state index in [-0.39, 0.29) is 19.8 Å². The molecule has 0 aliphatic carbocycles. The van der Waals surface area contributed by atoms with E-state index in [1.807, 2.05) is 36.5 Å². The van der Waals surface area contributed by atoms with Gasteiger partial charge in [0.05, 0.1) is 0 Å². The lowest BCUT2D eigenvalue weighted by molar-refractivity contribution is 0.302. The lowest BCUT2D eigenvalue weighted by Crippen LogP contribution is -1.83. The van der Waals surface area contributed by atoms with Gasteiger partial charge in [-0.15, -0.1) is 0 Å². The Bertz CT molecular complexity index is 403. The normalized spacial score (nSPS) is 12.1. The molecule has 3 heteroatoms. The highest BCUT2D eigenvalue weighted by atomic mass is 16.3. The molecule has 0 atom stereocenters. The van der Waals surface area contributed by atoms with Crippen molar-refractivity contribution in [3.8, 4) is 0 Å². The average Bonchev–Trinajstić information content (AvgIpc) is 2.48. The maximum atomic E-state index is 8.82. The molecule has 0 bridgehead atoms. The molecule has 1 aromatic carbocycles. The monoisotopic (exact) mass is 288 g/mol. The van der Waals surface area contributed by atoms with Crippen LogP contribution in [-0.2, 0) is 0 Å². The Morgan fingerprint density at radius 2 is 0.857 bits per heavy atom. The van der Waals surface area contributed by atoms with Gasteiger partial charge < -0.3 is 15.3 Å². The highest BCUT2D eigenvalue weighted by Gasteiger charge is 1.95. The first-order valence-electron chi connectivity index (χ1n) is 7.27. The van der Waals surface area contributed by atoms with E-state index in [1.54, 1.807) is 0 Å². The molecule has 0 aliphatic heterocycles. The predicted molar refractivity (Wildman–Crippen MR) is 88.7 cm³/mol. The quantitative estimate of drug-likeness (QED) is 0.655. The van der Waals surface area contributed by atoms with Crippen LogP contribution in [0.3, 0.4) is 0 Å². The molecular weight excluding hydrogens is 264 g/mol. The fourth-order valence-electron chi connectivity index (χ4n) is 1.87. The van der Waals surface area contributed by atoms with Crippen LogP contribution in [0.2, 0.25) is 0 Å². The summed E-state index contributed by atoms with van der Waals surface area (Å²) in [7, 11) is 0. The minimum Gasteiger partial charge on any atom is -0.396 e. The molecule has 0 fully saturated rings. The van der Waals surface area contributed by atoms with Crippen molar-refractivity contribution in [2.24, 2.45) is 0 Å². The van der Waals surface area contributed by atoms with Gasteiger partial charge in [0, 0.05) is 19.8 Å². The summed E-state index contributed by atoms with van der Waals surface area (Å²) < 4.78 is 0. The van der Waals surface area contributed by atoms with Gasteiger partial charge in [-0.1, -0.05) is 36.5 Å². The van der Waals surface area contributed by atoms with Gasteiger partial charge in [-0.25, -0.2) is 0 Å². The third kappa shape index (κ3) is 7.61. The van der Waals surface area contributed by atoms with Crippen LogP contribution in [0.5, 0.6) is 0 Å². The van der Waals surface area contributed by atoms with Gasteiger partial charge in [-0.2, -0.15) is 0 Å². The summed E-state index contributed by atoms with van der Waals surface area (Å²) in [5.41, 5.74) is 3.20. The van der Waals surface area contributed by atoms with Gasteiger partial charge in [0.25, 0.3) is 0 Å². The number of benzene rings is 1. The molecule has 0 aliphatic rings. The molecule has 1 rings (SSSR count). The first-order valence-corrected chi connectivity index (χ1v) is 7.27. The molecule has 0 radical (unpaired) electrons. The average molecular weight is 288 g/mol. The van der Waals surface area contributed by atoms with Crippen molar-refractivity contribution in [3.63, 3.8) is 0 Å². The zero-order valence-electron chi connectivity index (χ0n) is 12.3. The molecule has 114 valence electrons. The second kappa shape index (κ2) is 11.0. The highest BCUT2D eigenvalue weighted by molar-refractivity contribution is 5.64. The largest absolute Gasteiger partial charge is 0.396 e. The SMILES string of the molecule is OCCC=Cc1cc(C=CCCO)cc(C=CCCO)c1. The van der Waals surface area contributed by atoms with Crippen LogP contribution < -0.4 is 0 Å². The number of rotatable bonds is 9. The van der Waals surface area contributed by atoms with Crippen LogP contribution in [-0.4, -0.2) is 35.1 Å². The van der Waals surface area contributed by atoms with Crippen LogP contribution >= 0.6 is 0 Å². The van der Waals surface area contributed by atoms with Crippen LogP contribution in [0.25, 0.3) is 18.2 Å². The van der Waals surface area contributed by atoms with Gasteiger partial charge in [0.15, 0.2) is 0 Å². The maximum absolute atomic E-state index is 8.82. The third-order valence-electron chi connectivity index (χ3n) is 2.82. The van der Waals surface area contributed by atoms with Gasteiger partial charge in [0.1, 0.15) is 0 Å². The summed E-state index contributed by atoms with van der Waals surface area (Å²) in [6.07, 6.45) is 13.7. The second-order valence-electron chi connectivity index (χ2n) is 4.68. The Morgan fingerprint density at radius 3 is 1.10 bits per heavy atom. The van der Waals surface area contributed by atoms with Gasteiger partial charge in [-0.3, -0.25) is 0 Å². The Kier molecular flexibility index (Phi) is 9.13. The topological polar surface area (TPSA) is 60.7 Å². The molecule has 0 unspecified atom stereocenters. The molecule has 0 saturated heterocycles. The minimum atomic E-state index is 0.149. The van der Waals surface area contributed by atoms with Crippen molar-refractivity contribution < 1.29 is 15.3 Å². The summed E-state index contributed by atoms with van der Waals surface area (Å²) in [4.78, 5) is 0. The summed E-state index contributed by atoms with van der Waals surface area (Å²) in [5, 5.41) is 26.5. The summed E-state index contributed by atoms with van der Waals surface area (Å²) in [6, 6.07) is 6.18. The summed E-state index contributed by atoms with van der Waals surface area (Å²) in [5.74, 6) is 0. The fraction of sp³-hybridized carbons (Fsp3) is 0.333. The third-order valence-corrected chi connectivity index (χ3v) is 2.82. The lowest BCUT2D eigenvalue weighted by Gasteiger charge is -2.02. The van der Waals surface area contributed by atoms with E-state index in [0.717, 1.165) is 16.7 Å². The molecule has 21 heavy (non-hydrogen) atoms. The molecule has 0 aromatic heterocycles. The molecule has 0 amide bonds. The predicted octanol–water partition coefficient (Wildman–Crippen LogP) is 2.87. The highest BCUT2D eigenvalue weighted by Crippen LogP contribution is 2.16. The number of hydrogen-bond acceptors (Lipinski definition) is 3. The van der Waals surface area contributed by atoms with Gasteiger partial charge in [-0.05, 0) is 54.2 Å². The zero-order chi connectivity index (χ0) is 15.3. The van der Waals surface area contributed by atoms with Crippen molar-refractivity contribution in [2.75, 3.05) is 19.8 Å². The van der Waals surface area contributed by atoms with Gasteiger partial charge in [0.2, 0.25) is 0 Å². The van der Waals surface area contributed by atoms with Crippen LogP contribution in [0.4, 0.5) is 0 Å². The molecule has 3 N–H and O–H groups in total. The van der Waals surface area contributed by atoms with Crippen molar-refractivity contribution in [1.82, 2.24) is 0 Å². The van der Waals surface area contributed by atoms with Crippen molar-refractivity contribution >= 4 is 18.2 Å². The Morgan fingerprint density at radius 1 is 0.571 bits per heavy atom. The van der Waals surface area contributed by atoms with E-state index >= 15 is 0 Å². The molecule has 0 saturated carbocycles. The van der Waals surface area contributed by atoms with Crippen molar-refractivity contribution in [2.45, 2.75) is 19.3 Å². The Labute approximate surface area is 126 Å². The van der Waals surface area contributed by atoms with E-state index in [9.17, 15) is 0 Å². The Hall–Kier alpha value is -1.68. The molecule has 0 spiro atoms. The minimum absolute atomic E-state index is 0.149. The van der Waals surface area contributed by atoms with E-state index in [4.69, 9.17) is 15.3 Å². The zero-order valence-corrected chi connectivity index (χ0v) is 12.3. The van der Waals surface area contributed by atoms with Crippen LogP contribution in [0, 0.1) is 0 Å². The molecule has 3 nitrogen and oxygen atoms in total. The number of aliphatic hydroxyl groups excluding tert-OH is 3. The van der Waals surface area contributed by atoms with Gasteiger partial charge >= 0.3 is 0 Å². The molecular formula is C18H24O3. The van der Waals surface area contributed by atoms with E-state index in [2.05, 4.69) is 18.2 Å². The standard InChI is InChI=1S/C18H24O3/c19-10-4-1-7-16-13-17(8-2-5-11-20)15-18(14-16)9-3-6-12-21/h1-3,7-9,13-15,19-21H,4-6,10-12H2. The second-order valence-corrected chi connectivity index (χ2v) is 4.68. The summed E-state index contributed by atoms with van der Waals surface area (Å²) in [6.45, 7) is 0.446. The number of hydrogen-bond donors (Lipinski definition) is 3. The summed E-state index contributed by atoms with van der Waals surface area (Å²) >= 11 is 0. The fourth-order valence-corrected chi connectivity index (χ4v) is 1.87. The van der Waals surface area contributed by atoms with Crippen molar-refractivity contribution in [1.29, 1.82) is 0 Å². The maximum Gasteiger partial charge on any atom is 0.0465 e. The smallest absolute Gasteiger partial charge is 0.0465 e. The molecule has 1 aromatic rings. The van der Waals surface area contributed by atoms with E-state index in [1.165, 1.54) is 0 Å². The molecule has 0 heterocycles. The Balaban J connectivity index is 2.95. The van der Waals surface area contributed by atoms with E-state index in [0.29, 0.717) is 19.3 Å². The number of aliphatic hydroxyl groups is 3. The lowest BCUT2D eigenvalue weighted by atomic mass is 10.0.